The van der Waals surface area contributed by atoms with Crippen LogP contribution in [-0.4, -0.2) is 28.7 Å². The molecule has 2 aliphatic rings. The molecule has 2 heterocycles. The second-order valence-electron chi connectivity index (χ2n) is 5.18. The van der Waals surface area contributed by atoms with E-state index in [9.17, 15) is 9.18 Å². The molecule has 0 fully saturated rings. The summed E-state index contributed by atoms with van der Waals surface area (Å²) in [5, 5.41) is 11.4. The fraction of sp³-hybridized carbons (Fsp3) is 0.385. The maximum absolute atomic E-state index is 13.6. The van der Waals surface area contributed by atoms with Gasteiger partial charge in [0.2, 0.25) is 0 Å². The first-order valence-corrected chi connectivity index (χ1v) is 7.33. The van der Waals surface area contributed by atoms with Crippen molar-refractivity contribution >= 4 is 28.7 Å². The van der Waals surface area contributed by atoms with Gasteiger partial charge < -0.3 is 15.6 Å². The van der Waals surface area contributed by atoms with E-state index in [4.69, 9.17) is 15.6 Å². The maximum Gasteiger partial charge on any atom is 0.410 e. The van der Waals surface area contributed by atoms with Gasteiger partial charge in [0.1, 0.15) is 11.6 Å². The number of nitrogens with zero attached hydrogens (tertiary/aromatic N) is 1. The minimum Gasteiger partial charge on any atom is -0.493 e. The van der Waals surface area contributed by atoms with Gasteiger partial charge in [-0.1, -0.05) is 11.8 Å². The van der Waals surface area contributed by atoms with Crippen LogP contribution in [0.4, 0.5) is 14.9 Å². The number of halogens is 1. The first-order valence-electron chi connectivity index (χ1n) is 6.35. The summed E-state index contributed by atoms with van der Waals surface area (Å²) in [6.45, 7) is 2.29. The number of hydrogen-bond donors (Lipinski definition) is 3. The van der Waals surface area contributed by atoms with E-state index in [0.29, 0.717) is 28.8 Å². The highest BCUT2D eigenvalue weighted by molar-refractivity contribution is 8.13. The number of thioether (sulfide) groups is 1. The first-order chi connectivity index (χ1) is 9.90. The van der Waals surface area contributed by atoms with Crippen molar-refractivity contribution in [1.82, 2.24) is 5.32 Å². The van der Waals surface area contributed by atoms with Crippen LogP contribution in [0.1, 0.15) is 12.5 Å². The lowest BCUT2D eigenvalue weighted by atomic mass is 9.79. The molecule has 3 rings (SSSR count). The first kappa shape index (κ1) is 14.0. The number of fused-ring (bicyclic) bond motifs is 3. The third-order valence-corrected chi connectivity index (χ3v) is 4.88. The minimum absolute atomic E-state index is 0.0281. The summed E-state index contributed by atoms with van der Waals surface area (Å²) in [6.07, 6.45) is -1.16. The molecule has 2 aliphatic heterocycles. The molecule has 6 nitrogen and oxygen atoms in total. The fourth-order valence-electron chi connectivity index (χ4n) is 2.60. The second kappa shape index (κ2) is 4.80. The number of nitrogen functional groups attached to an aromatic ring is 1. The number of amides is 1. The van der Waals surface area contributed by atoms with E-state index in [1.807, 2.05) is 6.92 Å². The lowest BCUT2D eigenvalue weighted by molar-refractivity contribution is 0.158. The van der Waals surface area contributed by atoms with Crippen LogP contribution < -0.4 is 15.8 Å². The number of carboxylic acid groups (broad SMARTS) is 1. The Hall–Kier alpha value is -1.96. The van der Waals surface area contributed by atoms with Gasteiger partial charge in [-0.3, -0.25) is 10.3 Å². The van der Waals surface area contributed by atoms with Gasteiger partial charge in [-0.15, -0.1) is 0 Å². The van der Waals surface area contributed by atoms with Crippen LogP contribution in [0.25, 0.3) is 0 Å². The highest BCUT2D eigenvalue weighted by Gasteiger charge is 2.45. The van der Waals surface area contributed by atoms with Crippen molar-refractivity contribution in [2.75, 3.05) is 18.1 Å². The SMILES string of the molecule is C[C@]12N=C(NC(=O)O)SC[C@H]1COc1cc(F)c(N)cc12. The van der Waals surface area contributed by atoms with E-state index >= 15 is 0 Å². The van der Waals surface area contributed by atoms with E-state index < -0.39 is 17.4 Å². The third kappa shape index (κ3) is 2.29. The van der Waals surface area contributed by atoms with Crippen molar-refractivity contribution in [3.8, 4) is 5.75 Å². The van der Waals surface area contributed by atoms with E-state index in [1.165, 1.54) is 23.9 Å². The van der Waals surface area contributed by atoms with E-state index in [1.54, 1.807) is 0 Å². The molecule has 2 atom stereocenters. The molecule has 0 aliphatic carbocycles. The molecule has 4 N–H and O–H groups in total. The molecule has 0 radical (unpaired) electrons. The molecule has 0 unspecified atom stereocenters. The number of hydrogen-bond acceptors (Lipinski definition) is 5. The zero-order chi connectivity index (χ0) is 15.2. The number of carbonyl (C=O) groups is 1. The molecule has 112 valence electrons. The molecular weight excluding hydrogens is 297 g/mol. The Labute approximate surface area is 124 Å². The molecule has 1 amide bonds. The van der Waals surface area contributed by atoms with Crippen LogP contribution >= 0.6 is 11.8 Å². The van der Waals surface area contributed by atoms with Crippen molar-refractivity contribution in [1.29, 1.82) is 0 Å². The Kier molecular flexibility index (Phi) is 3.20. The summed E-state index contributed by atoms with van der Waals surface area (Å²) in [5.41, 5.74) is 5.68. The standard InChI is InChI=1S/C13H14FN3O3S/c1-13-6(5-21-11(17-13)16-12(18)19)4-20-10-3-8(14)9(15)2-7(10)13/h2-3,6H,4-5,15H2,1H3,(H,16,17)(H,18,19)/t6-,13+/m1/s1. The average molecular weight is 311 g/mol. The average Bonchev–Trinajstić information content (AvgIpc) is 2.39. The van der Waals surface area contributed by atoms with Gasteiger partial charge >= 0.3 is 6.09 Å². The third-order valence-electron chi connectivity index (χ3n) is 3.85. The summed E-state index contributed by atoms with van der Waals surface area (Å²) in [7, 11) is 0. The van der Waals surface area contributed by atoms with Crippen molar-refractivity contribution in [3.05, 3.63) is 23.5 Å². The largest absolute Gasteiger partial charge is 0.493 e. The summed E-state index contributed by atoms with van der Waals surface area (Å²) in [5.74, 6) is 0.602. The summed E-state index contributed by atoms with van der Waals surface area (Å²) in [4.78, 5) is 15.3. The number of amidine groups is 1. The number of aliphatic imine (C=N–C) groups is 1. The quantitative estimate of drug-likeness (QED) is 0.637. The molecule has 0 saturated carbocycles. The summed E-state index contributed by atoms with van der Waals surface area (Å²) in [6, 6.07) is 2.78. The maximum atomic E-state index is 13.6. The zero-order valence-electron chi connectivity index (χ0n) is 11.2. The number of ether oxygens (including phenoxy) is 1. The van der Waals surface area contributed by atoms with Crippen LogP contribution in [0, 0.1) is 11.7 Å². The molecule has 1 aromatic rings. The Morgan fingerprint density at radius 1 is 1.67 bits per heavy atom. The number of rotatable bonds is 0. The van der Waals surface area contributed by atoms with Crippen LogP contribution in [0.15, 0.2) is 17.1 Å². The van der Waals surface area contributed by atoms with Gasteiger partial charge in [-0.25, -0.2) is 9.18 Å². The Bertz CT molecular complexity index is 652. The van der Waals surface area contributed by atoms with Crippen LogP contribution in [0.3, 0.4) is 0 Å². The molecule has 1 aromatic carbocycles. The van der Waals surface area contributed by atoms with Gasteiger partial charge in [0.25, 0.3) is 0 Å². The van der Waals surface area contributed by atoms with Gasteiger partial charge in [0.15, 0.2) is 5.17 Å². The van der Waals surface area contributed by atoms with Crippen molar-refractivity contribution in [2.45, 2.75) is 12.5 Å². The van der Waals surface area contributed by atoms with Gasteiger partial charge in [-0.05, 0) is 13.0 Å². The van der Waals surface area contributed by atoms with E-state index in [0.717, 1.165) is 0 Å². The molecule has 8 heteroatoms. The minimum atomic E-state index is -1.16. The van der Waals surface area contributed by atoms with Gasteiger partial charge in [0, 0.05) is 23.3 Å². The predicted octanol–water partition coefficient (Wildman–Crippen LogP) is 2.00. The van der Waals surface area contributed by atoms with Crippen molar-refractivity contribution < 1.29 is 19.0 Å². The normalized spacial score (nSPS) is 27.0. The predicted molar refractivity (Wildman–Crippen MR) is 78.2 cm³/mol. The lowest BCUT2D eigenvalue weighted by Crippen LogP contribution is -2.45. The smallest absolute Gasteiger partial charge is 0.410 e. The Balaban J connectivity index is 2.09. The number of nitrogens with one attached hydrogen (secondary N) is 1. The second-order valence-corrected chi connectivity index (χ2v) is 6.19. The number of benzene rings is 1. The molecular formula is C13H14FN3O3S. The molecule has 0 bridgehead atoms. The number of nitrogens with two attached hydrogens (primary N) is 1. The molecule has 0 spiro atoms. The van der Waals surface area contributed by atoms with Crippen LogP contribution in [0.5, 0.6) is 5.75 Å². The monoisotopic (exact) mass is 311 g/mol. The van der Waals surface area contributed by atoms with Crippen LogP contribution in [0.2, 0.25) is 0 Å². The van der Waals surface area contributed by atoms with Crippen molar-refractivity contribution in [3.63, 3.8) is 0 Å². The van der Waals surface area contributed by atoms with Crippen LogP contribution in [-0.2, 0) is 5.54 Å². The topological polar surface area (TPSA) is 96.9 Å². The fourth-order valence-corrected chi connectivity index (χ4v) is 3.79. The Morgan fingerprint density at radius 2 is 2.43 bits per heavy atom. The zero-order valence-corrected chi connectivity index (χ0v) is 12.0. The molecule has 21 heavy (non-hydrogen) atoms. The highest BCUT2D eigenvalue weighted by Crippen LogP contribution is 2.47. The number of anilines is 1. The van der Waals surface area contributed by atoms with Gasteiger partial charge in [0.05, 0.1) is 17.8 Å². The summed E-state index contributed by atoms with van der Waals surface area (Å²) >= 11 is 1.33. The highest BCUT2D eigenvalue weighted by atomic mass is 32.2. The molecule has 0 saturated heterocycles. The molecule has 0 aromatic heterocycles. The van der Waals surface area contributed by atoms with E-state index in [2.05, 4.69) is 10.3 Å². The Morgan fingerprint density at radius 3 is 3.14 bits per heavy atom. The van der Waals surface area contributed by atoms with Gasteiger partial charge in [-0.2, -0.15) is 0 Å². The summed E-state index contributed by atoms with van der Waals surface area (Å²) < 4.78 is 19.2. The lowest BCUT2D eigenvalue weighted by Gasteiger charge is -2.42. The van der Waals surface area contributed by atoms with Crippen molar-refractivity contribution in [2.24, 2.45) is 10.9 Å². The van der Waals surface area contributed by atoms with E-state index in [-0.39, 0.29) is 11.6 Å².